The summed E-state index contributed by atoms with van der Waals surface area (Å²) in [5.41, 5.74) is 1.78. The second kappa shape index (κ2) is 7.01. The molecule has 2 fully saturated rings. The first kappa shape index (κ1) is 17.9. The van der Waals surface area contributed by atoms with Crippen molar-refractivity contribution in [2.24, 2.45) is 0 Å². The minimum Gasteiger partial charge on any atom is -0.361 e. The van der Waals surface area contributed by atoms with Crippen LogP contribution in [0.3, 0.4) is 0 Å². The highest BCUT2D eigenvalue weighted by molar-refractivity contribution is 7.14. The molecule has 0 saturated carbocycles. The lowest BCUT2D eigenvalue weighted by molar-refractivity contribution is -0.144. The zero-order valence-electron chi connectivity index (χ0n) is 15.9. The first-order valence-electron chi connectivity index (χ1n) is 10.0. The summed E-state index contributed by atoms with van der Waals surface area (Å²) in [6.07, 6.45) is 5.18. The third-order valence-corrected chi connectivity index (χ3v) is 7.33. The number of para-hydroxylation sites is 1. The predicted octanol–water partition coefficient (Wildman–Crippen LogP) is 3.28. The van der Waals surface area contributed by atoms with Crippen LogP contribution in [0, 0.1) is 0 Å². The Kier molecular flexibility index (Phi) is 4.48. The van der Waals surface area contributed by atoms with Crippen LogP contribution in [0.15, 0.2) is 36.4 Å². The summed E-state index contributed by atoms with van der Waals surface area (Å²) in [6.45, 7) is 1.88. The number of ether oxygens (including phenoxy) is 1. The molecule has 1 atom stereocenters. The van der Waals surface area contributed by atoms with E-state index in [1.807, 2.05) is 40.1 Å². The van der Waals surface area contributed by atoms with Crippen LogP contribution in [0.2, 0.25) is 0 Å². The lowest BCUT2D eigenvalue weighted by atomic mass is 9.90. The molecule has 2 amide bonds. The summed E-state index contributed by atoms with van der Waals surface area (Å²) in [5.74, 6) is 0.0974. The molecule has 0 radical (unpaired) electrons. The van der Waals surface area contributed by atoms with Crippen molar-refractivity contribution in [1.29, 1.82) is 0 Å². The summed E-state index contributed by atoms with van der Waals surface area (Å²) in [5, 5.41) is 0. The molecule has 3 heterocycles. The van der Waals surface area contributed by atoms with Gasteiger partial charge in [0.1, 0.15) is 12.2 Å². The molecule has 1 spiro atoms. The molecule has 5 rings (SSSR count). The number of hydrogen-bond acceptors (Lipinski definition) is 4. The fourth-order valence-electron chi connectivity index (χ4n) is 4.67. The van der Waals surface area contributed by atoms with Crippen molar-refractivity contribution in [3.8, 4) is 0 Å². The van der Waals surface area contributed by atoms with E-state index in [0.717, 1.165) is 42.8 Å². The fraction of sp³-hybridized carbons (Fsp3) is 0.455. The SMILES string of the molecule is O=C(c1cc2c(s1)CCC2)N1CCCC2(C1)CN(c1ccccc1)C(=O)CO2. The Morgan fingerprint density at radius 1 is 1.11 bits per heavy atom. The first-order valence-corrected chi connectivity index (χ1v) is 10.9. The largest absolute Gasteiger partial charge is 0.361 e. The second-order valence-electron chi connectivity index (χ2n) is 8.03. The number of nitrogens with zero attached hydrogens (tertiary/aromatic N) is 2. The summed E-state index contributed by atoms with van der Waals surface area (Å²) in [6, 6.07) is 11.8. The second-order valence-corrected chi connectivity index (χ2v) is 9.17. The lowest BCUT2D eigenvalue weighted by Crippen LogP contribution is -2.62. The molecule has 6 heteroatoms. The van der Waals surface area contributed by atoms with Crippen molar-refractivity contribution in [2.75, 3.05) is 31.1 Å². The molecular weight excluding hydrogens is 372 g/mol. The van der Waals surface area contributed by atoms with E-state index in [2.05, 4.69) is 6.07 Å². The van der Waals surface area contributed by atoms with Crippen LogP contribution in [-0.4, -0.2) is 48.6 Å². The third-order valence-electron chi connectivity index (χ3n) is 6.10. The minimum absolute atomic E-state index is 0.0186. The van der Waals surface area contributed by atoms with E-state index in [9.17, 15) is 9.59 Å². The average Bonchev–Trinajstić information content (AvgIpc) is 3.33. The molecule has 5 nitrogen and oxygen atoms in total. The Morgan fingerprint density at radius 2 is 1.96 bits per heavy atom. The van der Waals surface area contributed by atoms with Crippen molar-refractivity contribution in [3.05, 3.63) is 51.7 Å². The average molecular weight is 397 g/mol. The molecule has 28 heavy (non-hydrogen) atoms. The van der Waals surface area contributed by atoms with E-state index in [4.69, 9.17) is 4.74 Å². The van der Waals surface area contributed by atoms with Gasteiger partial charge in [-0.25, -0.2) is 0 Å². The highest BCUT2D eigenvalue weighted by Gasteiger charge is 2.44. The van der Waals surface area contributed by atoms with Gasteiger partial charge in [0.05, 0.1) is 18.0 Å². The zero-order valence-corrected chi connectivity index (χ0v) is 16.7. The maximum absolute atomic E-state index is 13.1. The number of thiophene rings is 1. The summed E-state index contributed by atoms with van der Waals surface area (Å²) in [4.78, 5) is 31.6. The van der Waals surface area contributed by atoms with Gasteiger partial charge in [-0.2, -0.15) is 0 Å². The molecule has 0 bridgehead atoms. The monoisotopic (exact) mass is 396 g/mol. The number of carbonyl (C=O) groups is 2. The number of amides is 2. The number of morpholine rings is 1. The number of aryl methyl sites for hydroxylation is 2. The Balaban J connectivity index is 1.35. The van der Waals surface area contributed by atoms with Crippen molar-refractivity contribution < 1.29 is 14.3 Å². The molecule has 1 unspecified atom stereocenters. The summed E-state index contributed by atoms with van der Waals surface area (Å²) in [7, 11) is 0. The van der Waals surface area contributed by atoms with Crippen LogP contribution < -0.4 is 4.90 Å². The Labute approximate surface area is 168 Å². The fourth-order valence-corrected chi connectivity index (χ4v) is 5.89. The van der Waals surface area contributed by atoms with Crippen molar-refractivity contribution in [1.82, 2.24) is 4.90 Å². The normalized spacial score (nSPS) is 24.6. The van der Waals surface area contributed by atoms with Gasteiger partial charge in [0.25, 0.3) is 11.8 Å². The van der Waals surface area contributed by atoms with Crippen molar-refractivity contribution in [2.45, 2.75) is 37.7 Å². The molecule has 2 aliphatic heterocycles. The van der Waals surface area contributed by atoms with Gasteiger partial charge in [0.2, 0.25) is 0 Å². The van der Waals surface area contributed by atoms with Gasteiger partial charge in [-0.15, -0.1) is 11.3 Å². The van der Waals surface area contributed by atoms with Gasteiger partial charge in [0, 0.05) is 17.1 Å². The molecular formula is C22H24N2O3S. The number of hydrogen-bond donors (Lipinski definition) is 0. The van der Waals surface area contributed by atoms with Crippen LogP contribution in [0.25, 0.3) is 0 Å². The molecule has 2 saturated heterocycles. The smallest absolute Gasteiger partial charge is 0.264 e. The van der Waals surface area contributed by atoms with E-state index in [1.165, 1.54) is 16.9 Å². The van der Waals surface area contributed by atoms with Crippen LogP contribution in [0.5, 0.6) is 0 Å². The molecule has 0 N–H and O–H groups in total. The van der Waals surface area contributed by atoms with Crippen molar-refractivity contribution >= 4 is 28.8 Å². The zero-order chi connectivity index (χ0) is 19.1. The predicted molar refractivity (Wildman–Crippen MR) is 109 cm³/mol. The number of likely N-dealkylation sites (tertiary alicyclic amines) is 1. The number of benzene rings is 1. The van der Waals surface area contributed by atoms with Crippen LogP contribution in [-0.2, 0) is 22.4 Å². The van der Waals surface area contributed by atoms with E-state index in [-0.39, 0.29) is 18.4 Å². The Hall–Kier alpha value is -2.18. The van der Waals surface area contributed by atoms with E-state index in [1.54, 1.807) is 11.3 Å². The lowest BCUT2D eigenvalue weighted by Gasteiger charge is -2.47. The number of fused-ring (bicyclic) bond motifs is 1. The van der Waals surface area contributed by atoms with Gasteiger partial charge in [-0.1, -0.05) is 18.2 Å². The minimum atomic E-state index is -0.475. The maximum Gasteiger partial charge on any atom is 0.264 e. The van der Waals surface area contributed by atoms with Gasteiger partial charge in [0.15, 0.2) is 0 Å². The molecule has 1 aliphatic carbocycles. The van der Waals surface area contributed by atoms with Crippen LogP contribution in [0.1, 0.15) is 39.4 Å². The standard InChI is InChI=1S/C22H24N2O3S/c25-20-13-27-22(15-24(20)17-7-2-1-3-8-17)10-5-11-23(14-22)21(26)19-12-16-6-4-9-18(16)28-19/h1-3,7-8,12H,4-6,9-11,13-15H2. The quantitative estimate of drug-likeness (QED) is 0.783. The van der Waals surface area contributed by atoms with E-state index < -0.39 is 5.60 Å². The summed E-state index contributed by atoms with van der Waals surface area (Å²) < 4.78 is 6.07. The maximum atomic E-state index is 13.1. The molecule has 146 valence electrons. The number of piperidine rings is 1. The summed E-state index contributed by atoms with van der Waals surface area (Å²) >= 11 is 1.66. The number of carbonyl (C=O) groups excluding carboxylic acids is 2. The van der Waals surface area contributed by atoms with Crippen molar-refractivity contribution in [3.63, 3.8) is 0 Å². The first-order chi connectivity index (χ1) is 13.6. The number of anilines is 1. The number of rotatable bonds is 2. The van der Waals surface area contributed by atoms with E-state index >= 15 is 0 Å². The van der Waals surface area contributed by atoms with Gasteiger partial charge in [-0.3, -0.25) is 9.59 Å². The molecule has 1 aromatic carbocycles. The van der Waals surface area contributed by atoms with Gasteiger partial charge < -0.3 is 14.5 Å². The highest BCUT2D eigenvalue weighted by Crippen LogP contribution is 2.35. The van der Waals surface area contributed by atoms with Gasteiger partial charge in [-0.05, 0) is 55.9 Å². The Morgan fingerprint density at radius 3 is 2.79 bits per heavy atom. The van der Waals surface area contributed by atoms with Gasteiger partial charge >= 0.3 is 0 Å². The highest BCUT2D eigenvalue weighted by atomic mass is 32.1. The third kappa shape index (κ3) is 3.14. The van der Waals surface area contributed by atoms with Crippen LogP contribution in [0.4, 0.5) is 5.69 Å². The Bertz CT molecular complexity index is 888. The topological polar surface area (TPSA) is 49.9 Å². The molecule has 3 aliphatic rings. The molecule has 2 aromatic rings. The van der Waals surface area contributed by atoms with Crippen LogP contribution >= 0.6 is 11.3 Å². The molecule has 1 aromatic heterocycles. The van der Waals surface area contributed by atoms with E-state index in [0.29, 0.717) is 13.1 Å².